The Bertz CT molecular complexity index is 481. The first-order valence-electron chi connectivity index (χ1n) is 10.6. The average molecular weight is 369 g/mol. The van der Waals surface area contributed by atoms with E-state index in [4.69, 9.17) is 0 Å². The lowest BCUT2D eigenvalue weighted by Crippen LogP contribution is -2.13. The molecule has 0 saturated heterocycles. The number of halogens is 3. The van der Waals surface area contributed by atoms with Crippen molar-refractivity contribution >= 4 is 0 Å². The first-order chi connectivity index (χ1) is 12.5. The number of hydrogen-bond acceptors (Lipinski definition) is 0. The zero-order chi connectivity index (χ0) is 18.8. The molecule has 1 saturated carbocycles. The second-order valence-electron chi connectivity index (χ2n) is 8.13. The van der Waals surface area contributed by atoms with Gasteiger partial charge in [-0.2, -0.15) is 13.2 Å². The molecule has 3 heteroatoms. The van der Waals surface area contributed by atoms with Crippen LogP contribution in [-0.2, 0) is 6.42 Å². The Balaban J connectivity index is 1.66. The maximum atomic E-state index is 12.3. The topological polar surface area (TPSA) is 0 Å². The van der Waals surface area contributed by atoms with Gasteiger partial charge in [0.05, 0.1) is 0 Å². The van der Waals surface area contributed by atoms with Crippen LogP contribution in [-0.4, -0.2) is 6.18 Å². The van der Waals surface area contributed by atoms with Crippen molar-refractivity contribution in [2.75, 3.05) is 0 Å². The number of rotatable bonds is 10. The standard InChI is InChI=1S/C23H35F3/c1-2-3-4-5-6-7-8-19-9-13-21(14-10-19)22-15-11-20(12-16-22)17-18-23(24,25)26/h11-12,15-16,19,21H,2-10,13-14,17-18H2,1H3. The molecule has 0 amide bonds. The SMILES string of the molecule is CCCCCCCCC1CCC(c2ccc(CCC(F)(F)F)cc2)CC1. The van der Waals surface area contributed by atoms with E-state index in [1.807, 2.05) is 12.1 Å². The van der Waals surface area contributed by atoms with Gasteiger partial charge in [-0.1, -0.05) is 76.1 Å². The smallest absolute Gasteiger partial charge is 0.171 e. The fourth-order valence-corrected chi connectivity index (χ4v) is 4.24. The minimum Gasteiger partial charge on any atom is -0.171 e. The van der Waals surface area contributed by atoms with Crippen LogP contribution in [0.15, 0.2) is 24.3 Å². The quantitative estimate of drug-likeness (QED) is 0.365. The largest absolute Gasteiger partial charge is 0.389 e. The second kappa shape index (κ2) is 11.0. The van der Waals surface area contributed by atoms with Crippen LogP contribution in [0.4, 0.5) is 13.2 Å². The molecule has 0 atom stereocenters. The lowest BCUT2D eigenvalue weighted by molar-refractivity contribution is -0.133. The van der Waals surface area contributed by atoms with Gasteiger partial charge < -0.3 is 0 Å². The van der Waals surface area contributed by atoms with Gasteiger partial charge in [-0.15, -0.1) is 0 Å². The molecule has 1 aliphatic rings. The van der Waals surface area contributed by atoms with E-state index in [2.05, 4.69) is 19.1 Å². The molecular formula is C23H35F3. The van der Waals surface area contributed by atoms with E-state index in [0.717, 1.165) is 11.5 Å². The summed E-state index contributed by atoms with van der Waals surface area (Å²) in [4.78, 5) is 0. The van der Waals surface area contributed by atoms with Crippen LogP contribution in [0, 0.1) is 5.92 Å². The van der Waals surface area contributed by atoms with Crippen molar-refractivity contribution in [1.29, 1.82) is 0 Å². The summed E-state index contributed by atoms with van der Waals surface area (Å²) in [6.07, 6.45) is 10.0. The van der Waals surface area contributed by atoms with Gasteiger partial charge in [-0.25, -0.2) is 0 Å². The van der Waals surface area contributed by atoms with Crippen molar-refractivity contribution in [3.8, 4) is 0 Å². The van der Waals surface area contributed by atoms with E-state index in [1.54, 1.807) is 0 Å². The summed E-state index contributed by atoms with van der Waals surface area (Å²) in [6, 6.07) is 7.90. The van der Waals surface area contributed by atoms with Gasteiger partial charge in [0.25, 0.3) is 0 Å². The fraction of sp³-hybridized carbons (Fsp3) is 0.739. The zero-order valence-electron chi connectivity index (χ0n) is 16.3. The first kappa shape index (κ1) is 21.3. The Labute approximate surface area is 157 Å². The third kappa shape index (κ3) is 8.14. The van der Waals surface area contributed by atoms with Crippen molar-refractivity contribution in [2.45, 2.75) is 102 Å². The Morgan fingerprint density at radius 3 is 2.08 bits per heavy atom. The van der Waals surface area contributed by atoms with Crippen LogP contribution < -0.4 is 0 Å². The number of benzene rings is 1. The molecule has 0 heterocycles. The first-order valence-corrected chi connectivity index (χ1v) is 10.6. The van der Waals surface area contributed by atoms with Gasteiger partial charge >= 0.3 is 6.18 Å². The van der Waals surface area contributed by atoms with Gasteiger partial charge in [0.15, 0.2) is 0 Å². The van der Waals surface area contributed by atoms with Gasteiger partial charge in [-0.3, -0.25) is 0 Å². The summed E-state index contributed by atoms with van der Waals surface area (Å²) in [5.74, 6) is 1.50. The second-order valence-corrected chi connectivity index (χ2v) is 8.13. The summed E-state index contributed by atoms with van der Waals surface area (Å²) in [5, 5.41) is 0. The van der Waals surface area contributed by atoms with Crippen molar-refractivity contribution in [3.63, 3.8) is 0 Å². The van der Waals surface area contributed by atoms with Crippen molar-refractivity contribution < 1.29 is 13.2 Å². The average Bonchev–Trinajstić information content (AvgIpc) is 2.63. The predicted octanol–water partition coefficient (Wildman–Crippen LogP) is 8.21. The van der Waals surface area contributed by atoms with Gasteiger partial charge in [0, 0.05) is 6.42 Å². The van der Waals surface area contributed by atoms with Gasteiger partial charge in [0.1, 0.15) is 0 Å². The summed E-state index contributed by atoms with van der Waals surface area (Å²) in [6.45, 7) is 2.26. The van der Waals surface area contributed by atoms with Crippen molar-refractivity contribution in [2.24, 2.45) is 5.92 Å². The lowest BCUT2D eigenvalue weighted by atomic mass is 9.77. The van der Waals surface area contributed by atoms with E-state index in [-0.39, 0.29) is 6.42 Å². The number of hydrogen-bond donors (Lipinski definition) is 0. The molecule has 0 aromatic heterocycles. The molecule has 148 valence electrons. The zero-order valence-corrected chi connectivity index (χ0v) is 16.3. The van der Waals surface area contributed by atoms with E-state index < -0.39 is 12.6 Å². The molecule has 2 rings (SSSR count). The van der Waals surface area contributed by atoms with E-state index in [9.17, 15) is 13.2 Å². The number of unbranched alkanes of at least 4 members (excludes halogenated alkanes) is 5. The number of alkyl halides is 3. The summed E-state index contributed by atoms with van der Waals surface area (Å²) < 4.78 is 36.9. The number of aryl methyl sites for hydroxylation is 1. The maximum absolute atomic E-state index is 12.3. The summed E-state index contributed by atoms with van der Waals surface area (Å²) in [7, 11) is 0. The van der Waals surface area contributed by atoms with Crippen LogP contribution in [0.2, 0.25) is 0 Å². The molecule has 1 aromatic rings. The van der Waals surface area contributed by atoms with Crippen LogP contribution in [0.3, 0.4) is 0 Å². The molecular weight excluding hydrogens is 333 g/mol. The molecule has 0 radical (unpaired) electrons. The molecule has 0 bridgehead atoms. The molecule has 1 fully saturated rings. The van der Waals surface area contributed by atoms with Crippen LogP contribution >= 0.6 is 0 Å². The predicted molar refractivity (Wildman–Crippen MR) is 104 cm³/mol. The van der Waals surface area contributed by atoms with E-state index in [1.165, 1.54) is 76.2 Å². The Morgan fingerprint density at radius 1 is 0.846 bits per heavy atom. The molecule has 0 nitrogen and oxygen atoms in total. The van der Waals surface area contributed by atoms with Crippen LogP contribution in [0.1, 0.15) is 101 Å². The molecule has 1 aliphatic carbocycles. The van der Waals surface area contributed by atoms with Crippen molar-refractivity contribution in [1.82, 2.24) is 0 Å². The summed E-state index contributed by atoms with van der Waals surface area (Å²) in [5.41, 5.74) is 2.11. The molecule has 1 aromatic carbocycles. The van der Waals surface area contributed by atoms with Crippen LogP contribution in [0.25, 0.3) is 0 Å². The monoisotopic (exact) mass is 368 g/mol. The highest BCUT2D eigenvalue weighted by Gasteiger charge is 2.26. The Kier molecular flexibility index (Phi) is 9.01. The van der Waals surface area contributed by atoms with Crippen LogP contribution in [0.5, 0.6) is 0 Å². The third-order valence-corrected chi connectivity index (χ3v) is 5.96. The highest BCUT2D eigenvalue weighted by Crippen LogP contribution is 2.38. The molecule has 26 heavy (non-hydrogen) atoms. The molecule has 0 N–H and O–H groups in total. The molecule has 0 unspecified atom stereocenters. The Hall–Kier alpha value is -0.990. The van der Waals surface area contributed by atoms with E-state index in [0.29, 0.717) is 5.92 Å². The van der Waals surface area contributed by atoms with Gasteiger partial charge in [0.2, 0.25) is 0 Å². The highest BCUT2D eigenvalue weighted by molar-refractivity contribution is 5.26. The Morgan fingerprint density at radius 2 is 1.46 bits per heavy atom. The third-order valence-electron chi connectivity index (χ3n) is 5.96. The lowest BCUT2D eigenvalue weighted by Gasteiger charge is -2.29. The fourth-order valence-electron chi connectivity index (χ4n) is 4.24. The van der Waals surface area contributed by atoms with Crippen molar-refractivity contribution in [3.05, 3.63) is 35.4 Å². The van der Waals surface area contributed by atoms with Gasteiger partial charge in [-0.05, 0) is 55.1 Å². The minimum absolute atomic E-state index is 0.0920. The summed E-state index contributed by atoms with van der Waals surface area (Å²) >= 11 is 0. The molecule has 0 spiro atoms. The minimum atomic E-state index is -4.06. The molecule has 0 aliphatic heterocycles. The maximum Gasteiger partial charge on any atom is 0.389 e. The normalized spacial score (nSPS) is 21.1. The highest BCUT2D eigenvalue weighted by atomic mass is 19.4. The van der Waals surface area contributed by atoms with E-state index >= 15 is 0 Å².